The van der Waals surface area contributed by atoms with Gasteiger partial charge in [0.1, 0.15) is 22.9 Å². The van der Waals surface area contributed by atoms with Gasteiger partial charge in [-0.1, -0.05) is 17.7 Å². The van der Waals surface area contributed by atoms with E-state index in [-0.39, 0.29) is 59.7 Å². The van der Waals surface area contributed by atoms with Crippen LogP contribution in [0, 0.1) is 18.7 Å². The standard InChI is InChI=1S/C33H35ClFN7O4/c1-16-7-8-21-19(12-36-38-21)23(16)24-20(34)11-18-26(25(24)35)37-27-29-28(18)41-10-9-40(32(45)46-33(2,3)4)15-22(41)31(44)42(29)14-17(30(27)43)13-39(5)6/h7-8,11-12,17,22H,9-10,13-15H2,1-6H3,(H,36,38)/t17-,22-/m1/s1. The van der Waals surface area contributed by atoms with E-state index in [2.05, 4.69) is 10.2 Å². The van der Waals surface area contributed by atoms with Crippen molar-refractivity contribution in [3.63, 3.8) is 0 Å². The van der Waals surface area contributed by atoms with Gasteiger partial charge in [0.2, 0.25) is 0 Å². The number of aromatic amines is 1. The summed E-state index contributed by atoms with van der Waals surface area (Å²) < 4.78 is 22.6. The van der Waals surface area contributed by atoms with Gasteiger partial charge < -0.3 is 24.3 Å². The zero-order valence-corrected chi connectivity index (χ0v) is 27.3. The third-order valence-electron chi connectivity index (χ3n) is 8.94. The van der Waals surface area contributed by atoms with E-state index in [0.29, 0.717) is 34.3 Å². The maximum atomic E-state index is 17.0. The van der Waals surface area contributed by atoms with Crippen LogP contribution < -0.4 is 9.80 Å². The number of anilines is 2. The third kappa shape index (κ3) is 4.68. The Morgan fingerprint density at radius 3 is 2.61 bits per heavy atom. The van der Waals surface area contributed by atoms with E-state index < -0.39 is 29.5 Å². The molecule has 2 aromatic heterocycles. The predicted molar refractivity (Wildman–Crippen MR) is 174 cm³/mol. The van der Waals surface area contributed by atoms with Crippen LogP contribution in [0.1, 0.15) is 36.8 Å². The van der Waals surface area contributed by atoms with Gasteiger partial charge in [-0.2, -0.15) is 5.10 Å². The van der Waals surface area contributed by atoms with E-state index in [4.69, 9.17) is 21.3 Å². The predicted octanol–water partition coefficient (Wildman–Crippen LogP) is 5.03. The lowest BCUT2D eigenvalue weighted by Crippen LogP contribution is -2.65. The zero-order valence-electron chi connectivity index (χ0n) is 26.6. The summed E-state index contributed by atoms with van der Waals surface area (Å²) in [6.07, 6.45) is 1.13. The van der Waals surface area contributed by atoms with Gasteiger partial charge in [-0.25, -0.2) is 14.2 Å². The minimum atomic E-state index is -0.774. The number of nitrogens with zero attached hydrogens (tertiary/aromatic N) is 6. The Labute approximate surface area is 270 Å². The van der Waals surface area contributed by atoms with Gasteiger partial charge in [0, 0.05) is 48.1 Å². The Morgan fingerprint density at radius 1 is 1.13 bits per heavy atom. The zero-order chi connectivity index (χ0) is 32.8. The van der Waals surface area contributed by atoms with Gasteiger partial charge in [0.05, 0.1) is 40.6 Å². The fourth-order valence-corrected chi connectivity index (χ4v) is 7.30. The van der Waals surface area contributed by atoms with Gasteiger partial charge in [0.15, 0.2) is 11.6 Å². The Balaban J connectivity index is 1.45. The van der Waals surface area contributed by atoms with Crippen molar-refractivity contribution in [3.8, 4) is 11.1 Å². The number of carbonyl (C=O) groups excluding carboxylic acids is 3. The summed E-state index contributed by atoms with van der Waals surface area (Å²) in [5.41, 5.74) is 2.53. The molecule has 1 N–H and O–H groups in total. The highest BCUT2D eigenvalue weighted by atomic mass is 35.5. The molecule has 7 rings (SSSR count). The molecule has 0 radical (unpaired) electrons. The second kappa shape index (κ2) is 10.6. The number of pyridine rings is 1. The number of H-pyrrole nitrogens is 1. The number of ketones is 1. The lowest BCUT2D eigenvalue weighted by atomic mass is 9.88. The van der Waals surface area contributed by atoms with Crippen LogP contribution in [0.3, 0.4) is 0 Å². The number of fused-ring (bicyclic) bond motifs is 5. The molecule has 1 fully saturated rings. The highest BCUT2D eigenvalue weighted by Crippen LogP contribution is 2.50. The van der Waals surface area contributed by atoms with E-state index in [1.807, 2.05) is 43.0 Å². The van der Waals surface area contributed by atoms with Crippen molar-refractivity contribution in [2.45, 2.75) is 39.3 Å². The summed E-state index contributed by atoms with van der Waals surface area (Å²) in [6, 6.07) is 4.65. The average Bonchev–Trinajstić information content (AvgIpc) is 3.46. The van der Waals surface area contributed by atoms with Crippen LogP contribution in [0.15, 0.2) is 24.4 Å². The first-order valence-electron chi connectivity index (χ1n) is 15.3. The van der Waals surface area contributed by atoms with E-state index >= 15 is 4.39 Å². The number of hydrogen-bond donors (Lipinski definition) is 1. The minimum Gasteiger partial charge on any atom is -0.444 e. The van der Waals surface area contributed by atoms with Gasteiger partial charge in [-0.3, -0.25) is 14.7 Å². The first kappa shape index (κ1) is 30.4. The summed E-state index contributed by atoms with van der Waals surface area (Å²) in [5.74, 6) is -1.72. The van der Waals surface area contributed by atoms with E-state index in [1.165, 1.54) is 4.90 Å². The van der Waals surface area contributed by atoms with Gasteiger partial charge in [0.25, 0.3) is 5.91 Å². The number of nitrogens with one attached hydrogen (secondary N) is 1. The molecule has 240 valence electrons. The molecule has 0 aliphatic carbocycles. The lowest BCUT2D eigenvalue weighted by molar-refractivity contribution is -0.121. The number of rotatable bonds is 3. The van der Waals surface area contributed by atoms with Crippen molar-refractivity contribution < 1.29 is 23.5 Å². The maximum Gasteiger partial charge on any atom is 0.410 e. The lowest BCUT2D eigenvalue weighted by Gasteiger charge is -2.50. The molecule has 2 amide bonds. The fraction of sp³-hybridized carbons (Fsp3) is 0.424. The molecule has 3 aliphatic rings. The second-order valence-electron chi connectivity index (χ2n) is 13.6. The molecule has 2 atom stereocenters. The molecule has 46 heavy (non-hydrogen) atoms. The maximum absolute atomic E-state index is 17.0. The minimum absolute atomic E-state index is 0.00507. The number of piperazine rings is 1. The molecular formula is C33H35ClFN7O4. The topological polar surface area (TPSA) is 115 Å². The van der Waals surface area contributed by atoms with E-state index in [9.17, 15) is 14.4 Å². The molecule has 13 heteroatoms. The van der Waals surface area contributed by atoms with Crippen LogP contribution >= 0.6 is 11.6 Å². The Bertz CT molecular complexity index is 1970. The normalized spacial score (nSPS) is 19.7. The monoisotopic (exact) mass is 647 g/mol. The molecule has 2 aromatic carbocycles. The molecule has 11 nitrogen and oxygen atoms in total. The third-order valence-corrected chi connectivity index (χ3v) is 9.23. The number of Topliss-reactive ketones (excluding diaryl/α,β-unsaturated/α-hetero) is 1. The Morgan fingerprint density at radius 2 is 1.89 bits per heavy atom. The number of hydrogen-bond acceptors (Lipinski definition) is 8. The SMILES string of the molecule is Cc1ccc2[nH]ncc2c1-c1c(Cl)cc2c3c4c(nc2c1F)C(=O)[C@H](CN(C)C)CN4C(=O)[C@H]1CN(C(=O)OC(C)(C)C)CCN31. The number of amides is 2. The first-order valence-corrected chi connectivity index (χ1v) is 15.7. The molecule has 1 saturated heterocycles. The average molecular weight is 648 g/mol. The van der Waals surface area contributed by atoms with Gasteiger partial charge in [-0.15, -0.1) is 0 Å². The van der Waals surface area contributed by atoms with Crippen molar-refractivity contribution in [2.24, 2.45) is 5.92 Å². The van der Waals surface area contributed by atoms with Crippen molar-refractivity contribution in [2.75, 3.05) is 56.6 Å². The summed E-state index contributed by atoms with van der Waals surface area (Å²) in [5, 5.41) is 8.35. The van der Waals surface area contributed by atoms with Crippen molar-refractivity contribution in [1.29, 1.82) is 0 Å². The van der Waals surface area contributed by atoms with Crippen LogP contribution in [0.2, 0.25) is 5.02 Å². The summed E-state index contributed by atoms with van der Waals surface area (Å²) in [4.78, 5) is 52.9. The number of aryl methyl sites for hydroxylation is 1. The largest absolute Gasteiger partial charge is 0.444 e. The molecule has 0 unspecified atom stereocenters. The summed E-state index contributed by atoms with van der Waals surface area (Å²) in [6.45, 7) is 8.39. The number of carbonyl (C=O) groups is 3. The van der Waals surface area contributed by atoms with Gasteiger partial charge >= 0.3 is 6.09 Å². The van der Waals surface area contributed by atoms with Crippen LogP contribution in [-0.4, -0.2) is 101 Å². The number of halogens is 2. The van der Waals surface area contributed by atoms with Crippen molar-refractivity contribution in [3.05, 3.63) is 46.5 Å². The summed E-state index contributed by atoms with van der Waals surface area (Å²) in [7, 11) is 3.71. The van der Waals surface area contributed by atoms with E-state index in [0.717, 1.165) is 11.1 Å². The smallest absolute Gasteiger partial charge is 0.410 e. The number of benzene rings is 2. The molecular weight excluding hydrogens is 613 g/mol. The number of aromatic nitrogens is 3. The number of ether oxygens (including phenoxy) is 1. The highest BCUT2D eigenvalue weighted by Gasteiger charge is 2.49. The van der Waals surface area contributed by atoms with Crippen molar-refractivity contribution >= 4 is 62.6 Å². The van der Waals surface area contributed by atoms with Gasteiger partial charge in [-0.05, 0) is 59.5 Å². The molecule has 4 aromatic rings. The van der Waals surface area contributed by atoms with Crippen LogP contribution in [0.25, 0.3) is 32.9 Å². The molecule has 5 heterocycles. The van der Waals surface area contributed by atoms with Crippen molar-refractivity contribution in [1.82, 2.24) is 25.0 Å². The Hall–Kier alpha value is -4.29. The quantitative estimate of drug-likeness (QED) is 0.330. The molecule has 0 spiro atoms. The van der Waals surface area contributed by atoms with Crippen LogP contribution in [-0.2, 0) is 9.53 Å². The first-order chi connectivity index (χ1) is 21.7. The molecule has 0 bridgehead atoms. The highest BCUT2D eigenvalue weighted by molar-refractivity contribution is 6.35. The molecule has 0 saturated carbocycles. The fourth-order valence-electron chi connectivity index (χ4n) is 7.01. The van der Waals surface area contributed by atoms with Crippen LogP contribution in [0.5, 0.6) is 0 Å². The van der Waals surface area contributed by atoms with E-state index in [1.54, 1.807) is 37.9 Å². The second-order valence-corrected chi connectivity index (χ2v) is 14.0. The Kier molecular flexibility index (Phi) is 7.02. The van der Waals surface area contributed by atoms with Crippen LogP contribution in [0.4, 0.5) is 20.6 Å². The molecule has 3 aliphatic heterocycles. The summed E-state index contributed by atoms with van der Waals surface area (Å²) >= 11 is 6.95.